The number of aliphatic hydroxyl groups excluding tert-OH is 1. The molecular formula is C25H36N2O3. The maximum Gasteiger partial charge on any atom is 0.0933 e. The highest BCUT2D eigenvalue weighted by Gasteiger charge is 2.30. The van der Waals surface area contributed by atoms with Gasteiger partial charge in [-0.25, -0.2) is 0 Å². The quantitative estimate of drug-likeness (QED) is 0.572. The molecule has 0 spiro atoms. The molecule has 5 nitrogen and oxygen atoms in total. The maximum absolute atomic E-state index is 11.3. The lowest BCUT2D eigenvalue weighted by Crippen LogP contribution is -2.30. The zero-order valence-corrected chi connectivity index (χ0v) is 18.3. The van der Waals surface area contributed by atoms with Crippen LogP contribution in [0.3, 0.4) is 0 Å². The van der Waals surface area contributed by atoms with E-state index in [9.17, 15) is 10.2 Å². The van der Waals surface area contributed by atoms with E-state index in [2.05, 4.69) is 19.2 Å². The van der Waals surface area contributed by atoms with Crippen molar-refractivity contribution in [3.63, 3.8) is 0 Å². The van der Waals surface area contributed by atoms with E-state index in [0.29, 0.717) is 13.0 Å². The number of rotatable bonds is 8. The molecule has 3 atom stereocenters. The van der Waals surface area contributed by atoms with Crippen LogP contribution in [0, 0.1) is 5.92 Å². The highest BCUT2D eigenvalue weighted by atomic mass is 16.7. The van der Waals surface area contributed by atoms with Gasteiger partial charge in [-0.15, -0.1) is 0 Å². The van der Waals surface area contributed by atoms with Crippen LogP contribution in [-0.2, 0) is 4.84 Å². The highest BCUT2D eigenvalue weighted by Crippen LogP contribution is 2.35. The molecule has 1 aromatic rings. The van der Waals surface area contributed by atoms with Crippen molar-refractivity contribution in [3.8, 4) is 0 Å². The van der Waals surface area contributed by atoms with Gasteiger partial charge >= 0.3 is 0 Å². The van der Waals surface area contributed by atoms with Crippen molar-refractivity contribution in [2.24, 2.45) is 5.92 Å². The second-order valence-electron chi connectivity index (χ2n) is 8.18. The predicted octanol–water partition coefficient (Wildman–Crippen LogP) is 3.32. The van der Waals surface area contributed by atoms with Crippen molar-refractivity contribution in [2.45, 2.75) is 44.8 Å². The van der Waals surface area contributed by atoms with Crippen molar-refractivity contribution in [3.05, 3.63) is 65.8 Å². The molecule has 1 heterocycles. The molecule has 0 aromatic heterocycles. The number of benzene rings is 1. The van der Waals surface area contributed by atoms with Gasteiger partial charge in [0.15, 0.2) is 0 Å². The number of nitrogens with zero attached hydrogens (tertiary/aromatic N) is 1. The normalized spacial score (nSPS) is 27.8. The number of hydroxylamine groups is 2. The SMILES string of the molecule is CCN(CC)OCC1=CC(O)C(/C(=C/C2(O)CCCNCC2)c2ccccc2)C=C1. The van der Waals surface area contributed by atoms with Gasteiger partial charge in [-0.1, -0.05) is 56.3 Å². The zero-order chi connectivity index (χ0) is 21.4. The minimum absolute atomic E-state index is 0.204. The Kier molecular flexibility index (Phi) is 8.42. The maximum atomic E-state index is 11.3. The molecule has 5 heteroatoms. The average molecular weight is 413 g/mol. The Hall–Kier alpha value is -1.76. The molecule has 1 fully saturated rings. The average Bonchev–Trinajstić information content (AvgIpc) is 2.98. The first-order valence-corrected chi connectivity index (χ1v) is 11.2. The lowest BCUT2D eigenvalue weighted by molar-refractivity contribution is -0.143. The van der Waals surface area contributed by atoms with E-state index < -0.39 is 11.7 Å². The Balaban J connectivity index is 1.83. The summed E-state index contributed by atoms with van der Waals surface area (Å²) < 4.78 is 0. The molecule has 3 unspecified atom stereocenters. The third-order valence-corrected chi connectivity index (χ3v) is 5.98. The predicted molar refractivity (Wildman–Crippen MR) is 122 cm³/mol. The fourth-order valence-electron chi connectivity index (χ4n) is 4.19. The van der Waals surface area contributed by atoms with E-state index in [4.69, 9.17) is 4.84 Å². The third-order valence-electron chi connectivity index (χ3n) is 5.98. The molecule has 3 N–H and O–H groups in total. The monoisotopic (exact) mass is 412 g/mol. The van der Waals surface area contributed by atoms with E-state index in [0.717, 1.165) is 55.7 Å². The van der Waals surface area contributed by atoms with E-state index in [-0.39, 0.29) is 5.92 Å². The molecule has 3 rings (SSSR count). The number of aliphatic hydroxyl groups is 2. The number of hydrogen-bond donors (Lipinski definition) is 3. The lowest BCUT2D eigenvalue weighted by Gasteiger charge is -2.30. The largest absolute Gasteiger partial charge is 0.388 e. The van der Waals surface area contributed by atoms with Gasteiger partial charge in [-0.3, -0.25) is 4.84 Å². The van der Waals surface area contributed by atoms with Crippen LogP contribution in [0.4, 0.5) is 0 Å². The first-order chi connectivity index (χ1) is 14.5. The first-order valence-electron chi connectivity index (χ1n) is 11.2. The molecule has 164 valence electrons. The Morgan fingerprint density at radius 3 is 2.67 bits per heavy atom. The van der Waals surface area contributed by atoms with Crippen LogP contribution >= 0.6 is 0 Å². The second kappa shape index (κ2) is 11.0. The summed E-state index contributed by atoms with van der Waals surface area (Å²) in [4.78, 5) is 5.80. The summed E-state index contributed by atoms with van der Waals surface area (Å²) >= 11 is 0. The minimum atomic E-state index is -0.863. The van der Waals surface area contributed by atoms with Crippen LogP contribution in [0.25, 0.3) is 5.57 Å². The van der Waals surface area contributed by atoms with Crippen LogP contribution in [-0.4, -0.2) is 59.8 Å². The summed E-state index contributed by atoms with van der Waals surface area (Å²) in [7, 11) is 0. The van der Waals surface area contributed by atoms with E-state index in [1.165, 1.54) is 0 Å². The molecule has 0 saturated carbocycles. The van der Waals surface area contributed by atoms with Crippen molar-refractivity contribution in [1.29, 1.82) is 0 Å². The van der Waals surface area contributed by atoms with Crippen LogP contribution in [0.5, 0.6) is 0 Å². The summed E-state index contributed by atoms with van der Waals surface area (Å²) in [6, 6.07) is 10.1. The molecule has 1 saturated heterocycles. The van der Waals surface area contributed by atoms with Gasteiger partial charge in [-0.2, -0.15) is 5.06 Å². The zero-order valence-electron chi connectivity index (χ0n) is 18.3. The molecule has 1 aromatic carbocycles. The van der Waals surface area contributed by atoms with Crippen LogP contribution in [0.1, 0.15) is 38.7 Å². The van der Waals surface area contributed by atoms with E-state index in [1.54, 1.807) is 0 Å². The minimum Gasteiger partial charge on any atom is -0.388 e. The van der Waals surface area contributed by atoms with E-state index in [1.807, 2.05) is 59.7 Å². The molecule has 1 aliphatic heterocycles. The summed E-state index contributed by atoms with van der Waals surface area (Å²) in [6.45, 7) is 7.95. The molecule has 30 heavy (non-hydrogen) atoms. The smallest absolute Gasteiger partial charge is 0.0933 e. The Labute approximate surface area is 180 Å². The fraction of sp³-hybridized carbons (Fsp3) is 0.520. The van der Waals surface area contributed by atoms with Crippen LogP contribution < -0.4 is 5.32 Å². The van der Waals surface area contributed by atoms with Crippen molar-refractivity contribution in [1.82, 2.24) is 10.4 Å². The van der Waals surface area contributed by atoms with Gasteiger partial charge in [0.05, 0.1) is 18.3 Å². The number of hydrogen-bond acceptors (Lipinski definition) is 5. The van der Waals surface area contributed by atoms with Gasteiger partial charge in [-0.05, 0) is 61.2 Å². The Morgan fingerprint density at radius 2 is 1.97 bits per heavy atom. The summed E-state index contributed by atoms with van der Waals surface area (Å²) in [6.07, 6.45) is 9.63. The van der Waals surface area contributed by atoms with Crippen LogP contribution in [0.2, 0.25) is 0 Å². The topological polar surface area (TPSA) is 65.0 Å². The summed E-state index contributed by atoms with van der Waals surface area (Å²) in [5.41, 5.74) is 2.12. The molecule has 1 aliphatic carbocycles. The van der Waals surface area contributed by atoms with Gasteiger partial charge < -0.3 is 15.5 Å². The molecule has 0 amide bonds. The number of nitrogens with one attached hydrogen (secondary N) is 1. The molecule has 0 radical (unpaired) electrons. The molecular weight excluding hydrogens is 376 g/mol. The van der Waals surface area contributed by atoms with Crippen LogP contribution in [0.15, 0.2) is 60.2 Å². The standard InChI is InChI=1S/C25H36N2O3/c1-3-27(4-2)30-19-20-11-12-22(24(28)17-20)23(21-9-6-5-7-10-21)18-25(29)13-8-15-26-16-14-25/h5-7,9-12,17-18,22,24,26,28-29H,3-4,8,13-16,19H2,1-2H3/b23-18+. The van der Waals surface area contributed by atoms with Gasteiger partial charge in [0.25, 0.3) is 0 Å². The van der Waals surface area contributed by atoms with Crippen molar-refractivity contribution >= 4 is 5.57 Å². The first kappa shape index (κ1) is 22.9. The molecule has 2 aliphatic rings. The van der Waals surface area contributed by atoms with Gasteiger partial charge in [0.1, 0.15) is 0 Å². The van der Waals surface area contributed by atoms with Crippen molar-refractivity contribution < 1.29 is 15.1 Å². The Morgan fingerprint density at radius 1 is 1.20 bits per heavy atom. The summed E-state index contributed by atoms with van der Waals surface area (Å²) in [5.74, 6) is -0.204. The fourth-order valence-corrected chi connectivity index (χ4v) is 4.19. The molecule has 0 bridgehead atoms. The van der Waals surface area contributed by atoms with E-state index >= 15 is 0 Å². The van der Waals surface area contributed by atoms with Gasteiger partial charge in [0, 0.05) is 19.0 Å². The van der Waals surface area contributed by atoms with Crippen molar-refractivity contribution in [2.75, 3.05) is 32.8 Å². The lowest BCUT2D eigenvalue weighted by atomic mass is 9.80. The second-order valence-corrected chi connectivity index (χ2v) is 8.18. The third kappa shape index (κ3) is 6.13. The highest BCUT2D eigenvalue weighted by molar-refractivity contribution is 5.71. The van der Waals surface area contributed by atoms with Gasteiger partial charge in [0.2, 0.25) is 0 Å². The Bertz CT molecular complexity index is 745. The summed E-state index contributed by atoms with van der Waals surface area (Å²) in [5, 5.41) is 27.5.